The van der Waals surface area contributed by atoms with Crippen molar-refractivity contribution in [2.45, 2.75) is 45.1 Å². The van der Waals surface area contributed by atoms with Crippen LogP contribution in [-0.2, 0) is 14.2 Å². The second-order valence-electron chi connectivity index (χ2n) is 4.95. The second-order valence-corrected chi connectivity index (χ2v) is 4.95. The van der Waals surface area contributed by atoms with Gasteiger partial charge in [-0.25, -0.2) is 0 Å². The van der Waals surface area contributed by atoms with E-state index in [-0.39, 0.29) is 0 Å². The van der Waals surface area contributed by atoms with E-state index in [0.29, 0.717) is 26.4 Å². The first kappa shape index (κ1) is 19.8. The third kappa shape index (κ3) is 15.9. The van der Waals surface area contributed by atoms with Crippen molar-refractivity contribution >= 4 is 0 Å². The molecule has 0 aliphatic carbocycles. The molecule has 5 heteroatoms. The summed E-state index contributed by atoms with van der Waals surface area (Å²) in [4.78, 5) is 0. The summed E-state index contributed by atoms with van der Waals surface area (Å²) in [5.74, 6) is 0. The number of rotatable bonds is 16. The Morgan fingerprint density at radius 1 is 0.950 bits per heavy atom. The number of methoxy groups -OCH3 is 1. The molecule has 20 heavy (non-hydrogen) atoms. The van der Waals surface area contributed by atoms with Crippen molar-refractivity contribution < 1.29 is 19.3 Å². The van der Waals surface area contributed by atoms with Gasteiger partial charge in [-0.05, 0) is 32.2 Å². The van der Waals surface area contributed by atoms with Gasteiger partial charge in [0.1, 0.15) is 0 Å². The molecule has 0 saturated carbocycles. The molecule has 0 aromatic rings. The predicted octanol–water partition coefficient (Wildman–Crippen LogP) is 1.59. The molecule has 0 fully saturated rings. The van der Waals surface area contributed by atoms with E-state index in [9.17, 15) is 5.11 Å². The number of unbranched alkanes of at least 4 members (excludes halogenated alkanes) is 3. The van der Waals surface area contributed by atoms with Gasteiger partial charge < -0.3 is 24.6 Å². The minimum Gasteiger partial charge on any atom is -0.389 e. The molecule has 5 nitrogen and oxygen atoms in total. The monoisotopic (exact) mass is 291 g/mol. The Morgan fingerprint density at radius 3 is 2.50 bits per heavy atom. The largest absolute Gasteiger partial charge is 0.389 e. The Hall–Kier alpha value is -0.200. The van der Waals surface area contributed by atoms with Crippen LogP contribution in [0.3, 0.4) is 0 Å². The van der Waals surface area contributed by atoms with Gasteiger partial charge in [0, 0.05) is 26.9 Å². The van der Waals surface area contributed by atoms with Gasteiger partial charge in [-0.3, -0.25) is 0 Å². The van der Waals surface area contributed by atoms with Crippen molar-refractivity contribution in [2.24, 2.45) is 0 Å². The lowest BCUT2D eigenvalue weighted by Crippen LogP contribution is -2.31. The highest BCUT2D eigenvalue weighted by Gasteiger charge is 2.03. The zero-order valence-corrected chi connectivity index (χ0v) is 13.2. The first-order chi connectivity index (χ1) is 9.81. The third-order valence-electron chi connectivity index (χ3n) is 2.91. The second kappa shape index (κ2) is 16.9. The molecule has 0 aliphatic rings. The standard InChI is InChI=1S/C15H33NO4/c1-3-4-10-19-11-12-20-14-15(17)13-16-8-6-5-7-9-18-2/h15-17H,3-14H2,1-2H3. The van der Waals surface area contributed by atoms with Crippen LogP contribution in [0.15, 0.2) is 0 Å². The summed E-state index contributed by atoms with van der Waals surface area (Å²) in [6.07, 6.45) is 5.17. The Bertz CT molecular complexity index is 163. The van der Waals surface area contributed by atoms with Crippen LogP contribution < -0.4 is 5.32 Å². The van der Waals surface area contributed by atoms with Crippen molar-refractivity contribution in [3.63, 3.8) is 0 Å². The summed E-state index contributed by atoms with van der Waals surface area (Å²) < 4.78 is 15.7. The van der Waals surface area contributed by atoms with Gasteiger partial charge in [0.2, 0.25) is 0 Å². The van der Waals surface area contributed by atoms with Crippen LogP contribution in [0.1, 0.15) is 39.0 Å². The third-order valence-corrected chi connectivity index (χ3v) is 2.91. The van der Waals surface area contributed by atoms with Crippen LogP contribution >= 0.6 is 0 Å². The molecule has 0 radical (unpaired) electrons. The fourth-order valence-electron chi connectivity index (χ4n) is 1.69. The summed E-state index contributed by atoms with van der Waals surface area (Å²) in [6, 6.07) is 0. The number of aliphatic hydroxyl groups excluding tert-OH is 1. The van der Waals surface area contributed by atoms with Crippen LogP contribution in [0.4, 0.5) is 0 Å². The van der Waals surface area contributed by atoms with Gasteiger partial charge in [0.25, 0.3) is 0 Å². The minimum atomic E-state index is -0.440. The summed E-state index contributed by atoms with van der Waals surface area (Å²) in [6.45, 7) is 6.82. The van der Waals surface area contributed by atoms with E-state index in [2.05, 4.69) is 12.2 Å². The lowest BCUT2D eigenvalue weighted by Gasteiger charge is -2.12. The van der Waals surface area contributed by atoms with E-state index in [4.69, 9.17) is 14.2 Å². The molecule has 1 atom stereocenters. The maximum atomic E-state index is 9.68. The molecule has 122 valence electrons. The van der Waals surface area contributed by atoms with Gasteiger partial charge in [-0.1, -0.05) is 13.3 Å². The SMILES string of the molecule is CCCCOCCOCC(O)CNCCCCCOC. The van der Waals surface area contributed by atoms with Crippen molar-refractivity contribution in [3.05, 3.63) is 0 Å². The number of hydrogen-bond acceptors (Lipinski definition) is 5. The Morgan fingerprint density at radius 2 is 1.75 bits per heavy atom. The molecular weight excluding hydrogens is 258 g/mol. The zero-order chi connectivity index (χ0) is 14.9. The van der Waals surface area contributed by atoms with Gasteiger partial charge in [0.15, 0.2) is 0 Å². The molecule has 0 rings (SSSR count). The number of aliphatic hydroxyl groups is 1. The summed E-state index contributed by atoms with van der Waals surface area (Å²) in [5, 5.41) is 12.9. The first-order valence-electron chi connectivity index (χ1n) is 7.84. The van der Waals surface area contributed by atoms with E-state index in [1.165, 1.54) is 0 Å². The Kier molecular flexibility index (Phi) is 16.7. The fraction of sp³-hybridized carbons (Fsp3) is 1.00. The lowest BCUT2D eigenvalue weighted by atomic mass is 10.2. The lowest BCUT2D eigenvalue weighted by molar-refractivity contribution is 0.00396. The average molecular weight is 291 g/mol. The van der Waals surface area contributed by atoms with Crippen LogP contribution in [0, 0.1) is 0 Å². The molecule has 1 unspecified atom stereocenters. The van der Waals surface area contributed by atoms with Crippen molar-refractivity contribution in [2.75, 3.05) is 53.2 Å². The van der Waals surface area contributed by atoms with E-state index in [1.54, 1.807) is 7.11 Å². The molecule has 0 amide bonds. The molecule has 0 aromatic carbocycles. The highest BCUT2D eigenvalue weighted by atomic mass is 16.5. The topological polar surface area (TPSA) is 60.0 Å². The van der Waals surface area contributed by atoms with E-state index < -0.39 is 6.10 Å². The fourth-order valence-corrected chi connectivity index (χ4v) is 1.69. The summed E-state index contributed by atoms with van der Waals surface area (Å²) >= 11 is 0. The number of hydrogen-bond donors (Lipinski definition) is 2. The van der Waals surface area contributed by atoms with Crippen LogP contribution in [0.2, 0.25) is 0 Å². The highest BCUT2D eigenvalue weighted by Crippen LogP contribution is 1.94. The van der Waals surface area contributed by atoms with Crippen LogP contribution in [-0.4, -0.2) is 64.4 Å². The summed E-state index contributed by atoms with van der Waals surface area (Å²) in [5.41, 5.74) is 0. The number of nitrogens with one attached hydrogen (secondary N) is 1. The normalized spacial score (nSPS) is 12.8. The molecule has 0 heterocycles. The van der Waals surface area contributed by atoms with Gasteiger partial charge >= 0.3 is 0 Å². The van der Waals surface area contributed by atoms with Crippen LogP contribution in [0.25, 0.3) is 0 Å². The number of ether oxygens (including phenoxy) is 3. The Labute approximate surface area is 124 Å². The van der Waals surface area contributed by atoms with E-state index in [0.717, 1.165) is 51.9 Å². The average Bonchev–Trinajstić information content (AvgIpc) is 2.45. The summed E-state index contributed by atoms with van der Waals surface area (Å²) in [7, 11) is 1.73. The maximum Gasteiger partial charge on any atom is 0.0897 e. The molecule has 0 spiro atoms. The predicted molar refractivity (Wildman–Crippen MR) is 81.1 cm³/mol. The molecule has 0 saturated heterocycles. The molecule has 0 aliphatic heterocycles. The van der Waals surface area contributed by atoms with Gasteiger partial charge in [0.05, 0.1) is 25.9 Å². The Balaban J connectivity index is 3.11. The molecule has 2 N–H and O–H groups in total. The minimum absolute atomic E-state index is 0.369. The van der Waals surface area contributed by atoms with Gasteiger partial charge in [-0.15, -0.1) is 0 Å². The van der Waals surface area contributed by atoms with Gasteiger partial charge in [-0.2, -0.15) is 0 Å². The zero-order valence-electron chi connectivity index (χ0n) is 13.2. The highest BCUT2D eigenvalue weighted by molar-refractivity contribution is 4.58. The van der Waals surface area contributed by atoms with Crippen molar-refractivity contribution in [3.8, 4) is 0 Å². The molecular formula is C15H33NO4. The molecule has 0 aromatic heterocycles. The molecule has 0 bridgehead atoms. The maximum absolute atomic E-state index is 9.68. The van der Waals surface area contributed by atoms with Crippen molar-refractivity contribution in [1.29, 1.82) is 0 Å². The quantitative estimate of drug-likeness (QED) is 0.423. The van der Waals surface area contributed by atoms with Crippen LogP contribution in [0.5, 0.6) is 0 Å². The van der Waals surface area contributed by atoms with E-state index in [1.807, 2.05) is 0 Å². The van der Waals surface area contributed by atoms with Crippen molar-refractivity contribution in [1.82, 2.24) is 5.32 Å². The first-order valence-corrected chi connectivity index (χ1v) is 7.84. The smallest absolute Gasteiger partial charge is 0.0897 e. The van der Waals surface area contributed by atoms with E-state index >= 15 is 0 Å².